The van der Waals surface area contributed by atoms with Gasteiger partial charge >= 0.3 is 0 Å². The minimum Gasteiger partial charge on any atom is -0.508 e. The van der Waals surface area contributed by atoms with E-state index in [0.29, 0.717) is 18.5 Å². The van der Waals surface area contributed by atoms with Crippen LogP contribution in [0.2, 0.25) is 0 Å². The average Bonchev–Trinajstić information content (AvgIpc) is 2.19. The number of amides is 1. The summed E-state index contributed by atoms with van der Waals surface area (Å²) in [7, 11) is 0. The normalized spacial score (nSPS) is 9.79. The maximum absolute atomic E-state index is 11.4. The largest absolute Gasteiger partial charge is 0.508 e. The van der Waals surface area contributed by atoms with E-state index in [1.165, 1.54) is 12.1 Å². The molecule has 0 saturated carbocycles. The molecule has 0 aliphatic rings. The van der Waals surface area contributed by atoms with E-state index in [2.05, 4.69) is 5.32 Å². The Kier molecular flexibility index (Phi) is 3.94. The number of aliphatic hydroxyl groups is 1. The number of benzene rings is 1. The molecule has 0 bridgehead atoms. The van der Waals surface area contributed by atoms with Gasteiger partial charge in [-0.1, -0.05) is 0 Å². The molecule has 1 rings (SSSR count). The van der Waals surface area contributed by atoms with Crippen molar-refractivity contribution < 1.29 is 15.0 Å². The van der Waals surface area contributed by atoms with Crippen LogP contribution in [0.3, 0.4) is 0 Å². The van der Waals surface area contributed by atoms with Gasteiger partial charge in [0.2, 0.25) is 0 Å². The molecule has 0 spiro atoms. The molecule has 4 heteroatoms. The molecular weight excluding hydrogens is 182 g/mol. The van der Waals surface area contributed by atoms with Gasteiger partial charge in [-0.15, -0.1) is 0 Å². The fraction of sp³-hybridized carbons (Fsp3) is 0.300. The maximum Gasteiger partial charge on any atom is 0.251 e. The molecule has 0 aliphatic carbocycles. The van der Waals surface area contributed by atoms with Crippen molar-refractivity contribution in [3.8, 4) is 5.75 Å². The van der Waals surface area contributed by atoms with Crippen molar-refractivity contribution in [1.82, 2.24) is 5.32 Å². The number of phenols is 1. The number of aliphatic hydroxyl groups excluding tert-OH is 1. The lowest BCUT2D eigenvalue weighted by Gasteiger charge is -2.03. The van der Waals surface area contributed by atoms with Crippen molar-refractivity contribution >= 4 is 5.91 Å². The second-order valence-electron chi connectivity index (χ2n) is 2.88. The Morgan fingerprint density at radius 2 is 1.93 bits per heavy atom. The third-order valence-electron chi connectivity index (χ3n) is 1.75. The molecule has 76 valence electrons. The smallest absolute Gasteiger partial charge is 0.251 e. The lowest BCUT2D eigenvalue weighted by Crippen LogP contribution is -2.24. The van der Waals surface area contributed by atoms with Crippen molar-refractivity contribution in [2.45, 2.75) is 6.42 Å². The minimum atomic E-state index is -0.196. The molecule has 0 fully saturated rings. The van der Waals surface area contributed by atoms with Gasteiger partial charge in [-0.2, -0.15) is 0 Å². The number of aromatic hydroxyl groups is 1. The van der Waals surface area contributed by atoms with Crippen LogP contribution in [0.4, 0.5) is 0 Å². The Balaban J connectivity index is 2.48. The zero-order valence-corrected chi connectivity index (χ0v) is 7.73. The number of phenolic OH excluding ortho intramolecular Hbond substituents is 1. The molecule has 0 aliphatic heterocycles. The van der Waals surface area contributed by atoms with Gasteiger partial charge in [0.25, 0.3) is 5.91 Å². The molecule has 0 radical (unpaired) electrons. The van der Waals surface area contributed by atoms with Crippen LogP contribution < -0.4 is 5.32 Å². The molecule has 4 nitrogen and oxygen atoms in total. The first-order valence-electron chi connectivity index (χ1n) is 4.42. The predicted octanol–water partition coefficient (Wildman–Crippen LogP) is 0.504. The van der Waals surface area contributed by atoms with E-state index in [-0.39, 0.29) is 18.3 Å². The lowest BCUT2D eigenvalue weighted by atomic mass is 10.2. The van der Waals surface area contributed by atoms with Gasteiger partial charge in [0.05, 0.1) is 0 Å². The fourth-order valence-corrected chi connectivity index (χ4v) is 0.996. The van der Waals surface area contributed by atoms with E-state index in [9.17, 15) is 4.79 Å². The Morgan fingerprint density at radius 1 is 1.29 bits per heavy atom. The van der Waals surface area contributed by atoms with Gasteiger partial charge in [-0.05, 0) is 30.7 Å². The van der Waals surface area contributed by atoms with Gasteiger partial charge in [-0.25, -0.2) is 0 Å². The summed E-state index contributed by atoms with van der Waals surface area (Å²) >= 11 is 0. The van der Waals surface area contributed by atoms with Crippen LogP contribution in [0.1, 0.15) is 16.8 Å². The summed E-state index contributed by atoms with van der Waals surface area (Å²) < 4.78 is 0. The summed E-state index contributed by atoms with van der Waals surface area (Å²) in [4.78, 5) is 11.4. The van der Waals surface area contributed by atoms with Crippen molar-refractivity contribution in [3.05, 3.63) is 29.8 Å². The Bertz CT molecular complexity index is 295. The third kappa shape index (κ3) is 3.06. The molecule has 0 saturated heterocycles. The van der Waals surface area contributed by atoms with Gasteiger partial charge < -0.3 is 15.5 Å². The molecule has 0 aromatic heterocycles. The SMILES string of the molecule is O=C(NCCCO)c1ccc(O)cc1. The second-order valence-corrected chi connectivity index (χ2v) is 2.88. The molecular formula is C10H13NO3. The van der Waals surface area contributed by atoms with Crippen LogP contribution in [0.5, 0.6) is 5.75 Å². The van der Waals surface area contributed by atoms with Crippen LogP contribution in [-0.2, 0) is 0 Å². The highest BCUT2D eigenvalue weighted by molar-refractivity contribution is 5.94. The predicted molar refractivity (Wildman–Crippen MR) is 52.1 cm³/mol. The average molecular weight is 195 g/mol. The van der Waals surface area contributed by atoms with E-state index in [4.69, 9.17) is 10.2 Å². The van der Waals surface area contributed by atoms with Crippen LogP contribution >= 0.6 is 0 Å². The molecule has 0 heterocycles. The lowest BCUT2D eigenvalue weighted by molar-refractivity contribution is 0.0951. The Morgan fingerprint density at radius 3 is 2.50 bits per heavy atom. The van der Waals surface area contributed by atoms with E-state index in [1.54, 1.807) is 12.1 Å². The highest BCUT2D eigenvalue weighted by Gasteiger charge is 2.03. The minimum absolute atomic E-state index is 0.0653. The molecule has 1 amide bonds. The number of nitrogens with one attached hydrogen (secondary N) is 1. The molecule has 1 aromatic carbocycles. The number of carbonyl (C=O) groups is 1. The molecule has 3 N–H and O–H groups in total. The first-order valence-corrected chi connectivity index (χ1v) is 4.42. The van der Waals surface area contributed by atoms with E-state index in [0.717, 1.165) is 0 Å². The fourth-order valence-electron chi connectivity index (χ4n) is 0.996. The van der Waals surface area contributed by atoms with Gasteiger partial charge in [0.1, 0.15) is 5.75 Å². The second kappa shape index (κ2) is 5.24. The van der Waals surface area contributed by atoms with E-state index < -0.39 is 0 Å². The van der Waals surface area contributed by atoms with E-state index >= 15 is 0 Å². The van der Waals surface area contributed by atoms with Gasteiger partial charge in [0, 0.05) is 18.7 Å². The monoisotopic (exact) mass is 195 g/mol. The van der Waals surface area contributed by atoms with Crippen LogP contribution in [0.15, 0.2) is 24.3 Å². The molecule has 14 heavy (non-hydrogen) atoms. The van der Waals surface area contributed by atoms with E-state index in [1.807, 2.05) is 0 Å². The Labute approximate surface area is 82.2 Å². The summed E-state index contributed by atoms with van der Waals surface area (Å²) in [5.41, 5.74) is 0.501. The number of hydrogen-bond donors (Lipinski definition) is 3. The summed E-state index contributed by atoms with van der Waals surface area (Å²) in [5.74, 6) is -0.0599. The molecule has 0 unspecified atom stereocenters. The molecule has 1 aromatic rings. The van der Waals surface area contributed by atoms with Crippen molar-refractivity contribution in [3.63, 3.8) is 0 Å². The summed E-state index contributed by atoms with van der Waals surface area (Å²) in [5, 5.41) is 20.1. The maximum atomic E-state index is 11.4. The quantitative estimate of drug-likeness (QED) is 0.613. The van der Waals surface area contributed by atoms with Crippen molar-refractivity contribution in [1.29, 1.82) is 0 Å². The van der Waals surface area contributed by atoms with Gasteiger partial charge in [0.15, 0.2) is 0 Å². The first-order chi connectivity index (χ1) is 6.74. The zero-order chi connectivity index (χ0) is 10.4. The van der Waals surface area contributed by atoms with Gasteiger partial charge in [-0.3, -0.25) is 4.79 Å². The number of rotatable bonds is 4. The van der Waals surface area contributed by atoms with Crippen LogP contribution in [0, 0.1) is 0 Å². The van der Waals surface area contributed by atoms with Crippen molar-refractivity contribution in [2.24, 2.45) is 0 Å². The number of hydrogen-bond acceptors (Lipinski definition) is 3. The first kappa shape index (κ1) is 10.5. The molecule has 0 atom stereocenters. The highest BCUT2D eigenvalue weighted by atomic mass is 16.3. The summed E-state index contributed by atoms with van der Waals surface area (Å²) in [6, 6.07) is 6.01. The summed E-state index contributed by atoms with van der Waals surface area (Å²) in [6.45, 7) is 0.520. The van der Waals surface area contributed by atoms with Crippen LogP contribution in [-0.4, -0.2) is 29.3 Å². The van der Waals surface area contributed by atoms with Crippen molar-refractivity contribution in [2.75, 3.05) is 13.2 Å². The Hall–Kier alpha value is -1.55. The van der Waals surface area contributed by atoms with Crippen LogP contribution in [0.25, 0.3) is 0 Å². The summed E-state index contributed by atoms with van der Waals surface area (Å²) in [6.07, 6.45) is 0.545. The topological polar surface area (TPSA) is 69.6 Å². The zero-order valence-electron chi connectivity index (χ0n) is 7.73. The standard InChI is InChI=1S/C10H13NO3/c12-7-1-6-11-10(14)8-2-4-9(13)5-3-8/h2-5,12-13H,1,6-7H2,(H,11,14). The number of carbonyl (C=O) groups excluding carboxylic acids is 1. The highest BCUT2D eigenvalue weighted by Crippen LogP contribution is 2.09. The third-order valence-corrected chi connectivity index (χ3v) is 1.75.